The van der Waals surface area contributed by atoms with Crippen molar-refractivity contribution in [2.75, 3.05) is 17.6 Å². The Labute approximate surface area is 117 Å². The molecule has 1 fully saturated rings. The van der Waals surface area contributed by atoms with Crippen molar-refractivity contribution in [3.63, 3.8) is 0 Å². The Morgan fingerprint density at radius 1 is 1.30 bits per heavy atom. The third-order valence-corrected chi connectivity index (χ3v) is 4.07. The molecular formula is C13H21N7. The van der Waals surface area contributed by atoms with Crippen LogP contribution in [-0.2, 0) is 7.05 Å². The van der Waals surface area contributed by atoms with Crippen LogP contribution in [0, 0.1) is 0 Å². The Hall–Kier alpha value is -1.89. The number of hydrogen-bond donors (Lipinski definition) is 3. The topological polar surface area (TPSA) is 108 Å². The fourth-order valence-electron chi connectivity index (χ4n) is 2.81. The molecule has 0 aromatic carbocycles. The number of nitrogens with zero attached hydrogens (tertiary/aromatic N) is 4. The van der Waals surface area contributed by atoms with Crippen LogP contribution in [-0.4, -0.2) is 31.8 Å². The average molecular weight is 275 g/mol. The van der Waals surface area contributed by atoms with Gasteiger partial charge in [0, 0.05) is 19.1 Å². The van der Waals surface area contributed by atoms with Crippen LogP contribution in [0.2, 0.25) is 0 Å². The van der Waals surface area contributed by atoms with E-state index >= 15 is 0 Å². The summed E-state index contributed by atoms with van der Waals surface area (Å²) in [7, 11) is 1.84. The second kappa shape index (κ2) is 4.90. The van der Waals surface area contributed by atoms with Gasteiger partial charge in [0.2, 0.25) is 5.95 Å². The first-order valence-electron chi connectivity index (χ1n) is 7.05. The highest BCUT2D eigenvalue weighted by Gasteiger charge is 2.27. The van der Waals surface area contributed by atoms with Gasteiger partial charge in [-0.1, -0.05) is 19.3 Å². The van der Waals surface area contributed by atoms with E-state index in [-0.39, 0.29) is 5.54 Å². The Morgan fingerprint density at radius 3 is 2.80 bits per heavy atom. The highest BCUT2D eigenvalue weighted by molar-refractivity contribution is 5.86. The van der Waals surface area contributed by atoms with E-state index in [1.165, 1.54) is 19.3 Å². The summed E-state index contributed by atoms with van der Waals surface area (Å²) in [5, 5.41) is 8.16. The molecule has 0 amide bonds. The summed E-state index contributed by atoms with van der Waals surface area (Å²) < 4.78 is 1.69. The molecule has 0 radical (unpaired) electrons. The Bertz CT molecular complexity index is 612. The third-order valence-electron chi connectivity index (χ3n) is 4.07. The van der Waals surface area contributed by atoms with E-state index < -0.39 is 0 Å². The maximum atomic E-state index is 6.40. The molecule has 0 spiro atoms. The summed E-state index contributed by atoms with van der Waals surface area (Å²) in [6.45, 7) is 0.676. The standard InChI is InChI=1S/C13H21N7/c1-20-11-9(7-17-20)10(14)18-12(19-11)16-8-13(15)5-3-2-4-6-13/h7H,2-6,8,15H2,1H3,(H3,14,16,18,19). The molecule has 7 nitrogen and oxygen atoms in total. The lowest BCUT2D eigenvalue weighted by Crippen LogP contribution is -2.47. The second-order valence-corrected chi connectivity index (χ2v) is 5.71. The number of nitrogens with one attached hydrogen (secondary N) is 1. The number of nitrogen functional groups attached to an aromatic ring is 1. The number of hydrogen-bond acceptors (Lipinski definition) is 6. The number of fused-ring (bicyclic) bond motifs is 1. The zero-order valence-electron chi connectivity index (χ0n) is 11.8. The van der Waals surface area contributed by atoms with Crippen molar-refractivity contribution >= 4 is 22.8 Å². The van der Waals surface area contributed by atoms with Gasteiger partial charge in [0.1, 0.15) is 5.82 Å². The van der Waals surface area contributed by atoms with E-state index in [2.05, 4.69) is 20.4 Å². The first-order chi connectivity index (χ1) is 9.57. The predicted octanol–water partition coefficient (Wildman–Crippen LogP) is 1.02. The minimum Gasteiger partial charge on any atom is -0.383 e. The van der Waals surface area contributed by atoms with Crippen LogP contribution in [0.5, 0.6) is 0 Å². The summed E-state index contributed by atoms with van der Waals surface area (Å²) in [5.41, 5.74) is 12.9. The van der Waals surface area contributed by atoms with E-state index in [9.17, 15) is 0 Å². The molecule has 2 heterocycles. The first-order valence-corrected chi connectivity index (χ1v) is 7.05. The van der Waals surface area contributed by atoms with Crippen molar-refractivity contribution in [2.24, 2.45) is 12.8 Å². The molecule has 7 heteroatoms. The van der Waals surface area contributed by atoms with Gasteiger partial charge in [0.15, 0.2) is 5.65 Å². The second-order valence-electron chi connectivity index (χ2n) is 5.71. The molecule has 0 bridgehead atoms. The monoisotopic (exact) mass is 275 g/mol. The highest BCUT2D eigenvalue weighted by atomic mass is 15.3. The van der Waals surface area contributed by atoms with Gasteiger partial charge in [-0.3, -0.25) is 4.68 Å². The van der Waals surface area contributed by atoms with E-state index in [4.69, 9.17) is 11.5 Å². The smallest absolute Gasteiger partial charge is 0.226 e. The first kappa shape index (κ1) is 13.1. The van der Waals surface area contributed by atoms with Gasteiger partial charge in [0.05, 0.1) is 11.6 Å². The van der Waals surface area contributed by atoms with Crippen molar-refractivity contribution in [3.05, 3.63) is 6.20 Å². The zero-order valence-corrected chi connectivity index (χ0v) is 11.8. The van der Waals surface area contributed by atoms with E-state index in [1.54, 1.807) is 10.9 Å². The summed E-state index contributed by atoms with van der Waals surface area (Å²) >= 11 is 0. The lowest BCUT2D eigenvalue weighted by atomic mass is 9.82. The molecule has 1 aliphatic carbocycles. The molecule has 1 saturated carbocycles. The molecule has 0 aliphatic heterocycles. The minimum absolute atomic E-state index is 0.155. The molecule has 2 aromatic heterocycles. The lowest BCUT2D eigenvalue weighted by Gasteiger charge is -2.33. The normalized spacial score (nSPS) is 18.3. The molecule has 108 valence electrons. The van der Waals surface area contributed by atoms with Crippen molar-refractivity contribution in [2.45, 2.75) is 37.6 Å². The van der Waals surface area contributed by atoms with Crippen molar-refractivity contribution < 1.29 is 0 Å². The maximum Gasteiger partial charge on any atom is 0.226 e. The zero-order chi connectivity index (χ0) is 14.2. The molecule has 0 saturated heterocycles. The van der Waals surface area contributed by atoms with Gasteiger partial charge in [-0.25, -0.2) is 0 Å². The van der Waals surface area contributed by atoms with E-state index in [0.29, 0.717) is 18.3 Å². The molecule has 20 heavy (non-hydrogen) atoms. The summed E-state index contributed by atoms with van der Waals surface area (Å²) in [6, 6.07) is 0. The average Bonchev–Trinajstić information content (AvgIpc) is 2.80. The van der Waals surface area contributed by atoms with Gasteiger partial charge in [0.25, 0.3) is 0 Å². The van der Waals surface area contributed by atoms with Crippen LogP contribution in [0.1, 0.15) is 32.1 Å². The largest absolute Gasteiger partial charge is 0.383 e. The maximum absolute atomic E-state index is 6.40. The van der Waals surface area contributed by atoms with Crippen molar-refractivity contribution in [3.8, 4) is 0 Å². The molecule has 2 aromatic rings. The fourth-order valence-corrected chi connectivity index (χ4v) is 2.81. The predicted molar refractivity (Wildman–Crippen MR) is 79.2 cm³/mol. The highest BCUT2D eigenvalue weighted by Crippen LogP contribution is 2.26. The molecule has 1 aliphatic rings. The number of rotatable bonds is 3. The van der Waals surface area contributed by atoms with Crippen LogP contribution >= 0.6 is 0 Å². The molecular weight excluding hydrogens is 254 g/mol. The van der Waals surface area contributed by atoms with Crippen LogP contribution < -0.4 is 16.8 Å². The third kappa shape index (κ3) is 2.40. The number of aromatic nitrogens is 4. The summed E-state index contributed by atoms with van der Waals surface area (Å²) in [4.78, 5) is 8.73. The SMILES string of the molecule is Cn1ncc2c(N)nc(NCC3(N)CCCCC3)nc21. The molecule has 5 N–H and O–H groups in total. The van der Waals surface area contributed by atoms with Gasteiger partial charge in [-0.15, -0.1) is 0 Å². The van der Waals surface area contributed by atoms with E-state index in [1.807, 2.05) is 7.05 Å². The molecule has 0 unspecified atom stereocenters. The van der Waals surface area contributed by atoms with Crippen LogP contribution in [0.3, 0.4) is 0 Å². The van der Waals surface area contributed by atoms with Gasteiger partial charge >= 0.3 is 0 Å². The fraction of sp³-hybridized carbons (Fsp3) is 0.615. The molecule has 3 rings (SSSR count). The van der Waals surface area contributed by atoms with Crippen LogP contribution in [0.4, 0.5) is 11.8 Å². The van der Waals surface area contributed by atoms with Gasteiger partial charge in [-0.05, 0) is 12.8 Å². The quantitative estimate of drug-likeness (QED) is 0.772. The van der Waals surface area contributed by atoms with Gasteiger partial charge < -0.3 is 16.8 Å². The minimum atomic E-state index is -0.155. The van der Waals surface area contributed by atoms with E-state index in [0.717, 1.165) is 23.9 Å². The Morgan fingerprint density at radius 2 is 2.05 bits per heavy atom. The van der Waals surface area contributed by atoms with Crippen LogP contribution in [0.15, 0.2) is 6.20 Å². The number of aryl methyl sites for hydroxylation is 1. The number of anilines is 2. The Balaban J connectivity index is 1.78. The van der Waals surface area contributed by atoms with Crippen LogP contribution in [0.25, 0.3) is 11.0 Å². The van der Waals surface area contributed by atoms with Crippen molar-refractivity contribution in [1.82, 2.24) is 19.7 Å². The summed E-state index contributed by atoms with van der Waals surface area (Å²) in [5.74, 6) is 0.967. The van der Waals surface area contributed by atoms with Crippen molar-refractivity contribution in [1.29, 1.82) is 0 Å². The lowest BCUT2D eigenvalue weighted by molar-refractivity contribution is 0.311. The molecule has 0 atom stereocenters. The number of nitrogens with two attached hydrogens (primary N) is 2. The summed E-state index contributed by atoms with van der Waals surface area (Å²) in [6.07, 6.45) is 7.44. The van der Waals surface area contributed by atoms with Gasteiger partial charge in [-0.2, -0.15) is 15.1 Å². The Kier molecular flexibility index (Phi) is 3.21.